The summed E-state index contributed by atoms with van der Waals surface area (Å²) in [5.74, 6) is 1.84. The van der Waals surface area contributed by atoms with Gasteiger partial charge in [-0.3, -0.25) is 4.90 Å². The van der Waals surface area contributed by atoms with Gasteiger partial charge in [0.2, 0.25) is 0 Å². The number of ether oxygens (including phenoxy) is 3. The van der Waals surface area contributed by atoms with Crippen molar-refractivity contribution in [2.45, 2.75) is 46.1 Å². The number of methoxy groups -OCH3 is 1. The minimum Gasteiger partial charge on any atom is -0.493 e. The zero-order valence-corrected chi connectivity index (χ0v) is 21.2. The summed E-state index contributed by atoms with van der Waals surface area (Å²) in [7, 11) is 1.66. The molecule has 0 bridgehead atoms. The molecule has 3 heterocycles. The Hall–Kier alpha value is -2.91. The summed E-state index contributed by atoms with van der Waals surface area (Å²) in [6.45, 7) is 9.71. The van der Waals surface area contributed by atoms with E-state index < -0.39 is 0 Å². The van der Waals surface area contributed by atoms with E-state index in [1.165, 1.54) is 19.3 Å². The van der Waals surface area contributed by atoms with Gasteiger partial charge in [-0.2, -0.15) is 4.98 Å². The number of likely N-dealkylation sites (tertiary alicyclic amines) is 1. The van der Waals surface area contributed by atoms with Crippen LogP contribution in [0.25, 0.3) is 10.6 Å². The molecule has 1 aromatic carbocycles. The summed E-state index contributed by atoms with van der Waals surface area (Å²) in [4.78, 5) is 16.9. The number of hydrogen-bond acceptors (Lipinski definition) is 9. The highest BCUT2D eigenvalue weighted by molar-refractivity contribution is 7.15. The Bertz CT molecular complexity index is 1090. The molecule has 1 fully saturated rings. The number of aryl methyl sites for hydroxylation is 2. The van der Waals surface area contributed by atoms with E-state index in [0.29, 0.717) is 12.4 Å². The third kappa shape index (κ3) is 5.95. The lowest BCUT2D eigenvalue weighted by atomic mass is 10.1. The van der Waals surface area contributed by atoms with Gasteiger partial charge in [0.15, 0.2) is 11.5 Å². The molecular weight excluding hydrogens is 450 g/mol. The molecule has 4 rings (SSSR count). The van der Waals surface area contributed by atoms with Gasteiger partial charge in [-0.1, -0.05) is 6.42 Å². The summed E-state index contributed by atoms with van der Waals surface area (Å²) in [5.41, 5.74) is 8.43. The van der Waals surface area contributed by atoms with Crippen LogP contribution < -0.4 is 19.9 Å². The molecule has 182 valence electrons. The Morgan fingerprint density at radius 2 is 1.85 bits per heavy atom. The predicted octanol–water partition coefficient (Wildman–Crippen LogP) is 4.81. The lowest BCUT2D eigenvalue weighted by molar-refractivity contribution is 0.180. The number of nitrogens with two attached hydrogens (primary N) is 1. The van der Waals surface area contributed by atoms with Gasteiger partial charge in [-0.25, -0.2) is 9.97 Å². The highest BCUT2D eigenvalue weighted by Crippen LogP contribution is 2.36. The number of piperidine rings is 1. The number of aromatic nitrogens is 3. The first-order valence-corrected chi connectivity index (χ1v) is 12.5. The predicted molar refractivity (Wildman–Crippen MR) is 135 cm³/mol. The van der Waals surface area contributed by atoms with Gasteiger partial charge >= 0.3 is 6.01 Å². The average Bonchev–Trinajstić information content (AvgIpc) is 3.21. The number of benzene rings is 1. The number of rotatable bonds is 9. The van der Waals surface area contributed by atoms with Crippen LogP contribution in [0.15, 0.2) is 24.3 Å². The van der Waals surface area contributed by atoms with Crippen molar-refractivity contribution < 1.29 is 14.2 Å². The van der Waals surface area contributed by atoms with Crippen LogP contribution in [-0.2, 0) is 0 Å². The van der Waals surface area contributed by atoms with Gasteiger partial charge in [0.1, 0.15) is 23.5 Å². The maximum atomic E-state index is 6.14. The molecule has 34 heavy (non-hydrogen) atoms. The Labute approximate surface area is 205 Å². The van der Waals surface area contributed by atoms with Crippen molar-refractivity contribution in [1.82, 2.24) is 19.9 Å². The maximum absolute atomic E-state index is 6.14. The summed E-state index contributed by atoms with van der Waals surface area (Å²) in [5, 5.41) is 0.899. The molecule has 1 atom stereocenters. The van der Waals surface area contributed by atoms with Crippen LogP contribution in [0.1, 0.15) is 48.6 Å². The molecule has 0 radical (unpaired) electrons. The SMILES string of the molecule is COc1ccc(-c2nc(C(C)Oc3nc(C)cc(N)n3)c(C)s2)cc1OCCN1CCCCC1. The topological polar surface area (TPSA) is 95.6 Å². The molecule has 0 amide bonds. The maximum Gasteiger partial charge on any atom is 0.319 e. The van der Waals surface area contributed by atoms with Crippen molar-refractivity contribution in [2.75, 3.05) is 39.1 Å². The zero-order chi connectivity index (χ0) is 24.1. The average molecular weight is 484 g/mol. The van der Waals surface area contributed by atoms with Crippen molar-refractivity contribution in [3.05, 3.63) is 40.5 Å². The van der Waals surface area contributed by atoms with E-state index in [1.807, 2.05) is 39.0 Å². The van der Waals surface area contributed by atoms with E-state index in [4.69, 9.17) is 24.9 Å². The number of nitrogen functional groups attached to an aromatic ring is 1. The van der Waals surface area contributed by atoms with Crippen molar-refractivity contribution in [3.63, 3.8) is 0 Å². The highest BCUT2D eigenvalue weighted by Gasteiger charge is 2.19. The van der Waals surface area contributed by atoms with Crippen molar-refractivity contribution in [2.24, 2.45) is 0 Å². The molecule has 0 spiro atoms. The quantitative estimate of drug-likeness (QED) is 0.463. The molecule has 2 aromatic heterocycles. The fourth-order valence-corrected chi connectivity index (χ4v) is 5.13. The standard InChI is InChI=1S/C25H33N5O3S/c1-16-14-22(26)28-25(27-16)33-17(2)23-18(3)34-24(29-23)19-8-9-20(31-4)21(15-19)32-13-12-30-10-6-5-7-11-30/h8-9,14-15,17H,5-7,10-13H2,1-4H3,(H2,26,27,28). The second-order valence-corrected chi connectivity index (χ2v) is 9.76. The first kappa shape index (κ1) is 24.2. The van der Waals surface area contributed by atoms with Gasteiger partial charge in [-0.05, 0) is 64.9 Å². The normalized spacial score (nSPS) is 15.2. The molecule has 1 saturated heterocycles. The van der Waals surface area contributed by atoms with Gasteiger partial charge in [-0.15, -0.1) is 11.3 Å². The van der Waals surface area contributed by atoms with Gasteiger partial charge in [0.05, 0.1) is 12.8 Å². The molecule has 0 saturated carbocycles. The smallest absolute Gasteiger partial charge is 0.319 e. The summed E-state index contributed by atoms with van der Waals surface area (Å²) in [6, 6.07) is 7.92. The van der Waals surface area contributed by atoms with Crippen LogP contribution >= 0.6 is 11.3 Å². The molecule has 8 nitrogen and oxygen atoms in total. The minimum atomic E-state index is -0.315. The monoisotopic (exact) mass is 483 g/mol. The van der Waals surface area contributed by atoms with Crippen LogP contribution in [-0.4, -0.2) is 53.2 Å². The first-order valence-electron chi connectivity index (χ1n) is 11.7. The lowest BCUT2D eigenvalue weighted by Crippen LogP contribution is -2.33. The van der Waals surface area contributed by atoms with E-state index in [2.05, 4.69) is 14.9 Å². The number of hydrogen-bond donors (Lipinski definition) is 1. The molecule has 9 heteroatoms. The molecular formula is C25H33N5O3S. The molecule has 1 aliphatic heterocycles. The number of thiazole rings is 1. The molecule has 1 unspecified atom stereocenters. The Morgan fingerprint density at radius 3 is 2.59 bits per heavy atom. The van der Waals surface area contributed by atoms with Gasteiger partial charge in [0.25, 0.3) is 0 Å². The first-order chi connectivity index (χ1) is 16.4. The van der Waals surface area contributed by atoms with Crippen LogP contribution in [0.2, 0.25) is 0 Å². The fourth-order valence-electron chi connectivity index (χ4n) is 4.13. The number of anilines is 1. The van der Waals surface area contributed by atoms with E-state index in [1.54, 1.807) is 24.5 Å². The number of nitrogens with zero attached hydrogens (tertiary/aromatic N) is 4. The third-order valence-corrected chi connectivity index (χ3v) is 6.91. The third-order valence-electron chi connectivity index (χ3n) is 5.88. The second-order valence-electron chi connectivity index (χ2n) is 8.55. The van der Waals surface area contributed by atoms with Crippen LogP contribution in [0.3, 0.4) is 0 Å². The van der Waals surface area contributed by atoms with E-state index in [9.17, 15) is 0 Å². The van der Waals surface area contributed by atoms with Crippen molar-refractivity contribution >= 4 is 17.2 Å². The Balaban J connectivity index is 1.48. The van der Waals surface area contributed by atoms with Crippen molar-refractivity contribution in [1.29, 1.82) is 0 Å². The molecule has 0 aliphatic carbocycles. The fraction of sp³-hybridized carbons (Fsp3) is 0.480. The minimum absolute atomic E-state index is 0.257. The summed E-state index contributed by atoms with van der Waals surface area (Å²) < 4.78 is 17.6. The Morgan fingerprint density at radius 1 is 1.06 bits per heavy atom. The van der Waals surface area contributed by atoms with Crippen LogP contribution in [0, 0.1) is 13.8 Å². The lowest BCUT2D eigenvalue weighted by Gasteiger charge is -2.26. The van der Waals surface area contributed by atoms with Crippen molar-refractivity contribution in [3.8, 4) is 28.1 Å². The van der Waals surface area contributed by atoms with Crippen LogP contribution in [0.4, 0.5) is 5.82 Å². The van der Waals surface area contributed by atoms with Crippen LogP contribution in [0.5, 0.6) is 17.5 Å². The Kier molecular flexibility index (Phi) is 7.84. The largest absolute Gasteiger partial charge is 0.493 e. The summed E-state index contributed by atoms with van der Waals surface area (Å²) in [6.07, 6.45) is 3.56. The highest BCUT2D eigenvalue weighted by atomic mass is 32.1. The molecule has 2 N–H and O–H groups in total. The molecule has 3 aromatic rings. The van der Waals surface area contributed by atoms with Gasteiger partial charge in [0, 0.05) is 28.7 Å². The second kappa shape index (κ2) is 11.0. The summed E-state index contributed by atoms with van der Waals surface area (Å²) >= 11 is 1.62. The zero-order valence-electron chi connectivity index (χ0n) is 20.3. The van der Waals surface area contributed by atoms with E-state index >= 15 is 0 Å². The van der Waals surface area contributed by atoms with E-state index in [0.717, 1.165) is 58.0 Å². The van der Waals surface area contributed by atoms with E-state index in [-0.39, 0.29) is 12.1 Å². The molecule has 1 aliphatic rings. The van der Waals surface area contributed by atoms with Gasteiger partial charge < -0.3 is 19.9 Å².